The molecule has 0 spiro atoms. The fourth-order valence-electron chi connectivity index (χ4n) is 3.09. The Morgan fingerprint density at radius 1 is 1.39 bits per heavy atom. The Hall–Kier alpha value is -2.85. The number of aryl methyl sites for hydroxylation is 2. The fraction of sp³-hybridized carbons (Fsp3) is 0.389. The summed E-state index contributed by atoms with van der Waals surface area (Å²) in [7, 11) is 1.53. The predicted molar refractivity (Wildman–Crippen MR) is 94.9 cm³/mol. The monoisotopic (exact) mass is 395 g/mol. The van der Waals surface area contributed by atoms with Gasteiger partial charge in [-0.05, 0) is 43.2 Å². The van der Waals surface area contributed by atoms with Gasteiger partial charge in [0.1, 0.15) is 17.7 Å². The van der Waals surface area contributed by atoms with E-state index < -0.39 is 36.5 Å². The third kappa shape index (κ3) is 3.48. The molecule has 150 valence electrons. The number of nitrogens with one attached hydrogen (secondary N) is 1. The zero-order valence-corrected chi connectivity index (χ0v) is 15.4. The smallest absolute Gasteiger partial charge is 0.351 e. The molecule has 0 bridgehead atoms. The Balaban J connectivity index is 1.82. The summed E-state index contributed by atoms with van der Waals surface area (Å²) in [5.41, 5.74) is 0.805. The number of carbonyl (C=O) groups excluding carboxylic acids is 1. The third-order valence-corrected chi connectivity index (χ3v) is 4.44. The zero-order chi connectivity index (χ0) is 20.6. The lowest BCUT2D eigenvalue weighted by Crippen LogP contribution is -2.40. The van der Waals surface area contributed by atoms with E-state index in [9.17, 15) is 23.5 Å². The molecule has 28 heavy (non-hydrogen) atoms. The van der Waals surface area contributed by atoms with Crippen LogP contribution in [0.4, 0.5) is 14.6 Å². The van der Waals surface area contributed by atoms with Crippen molar-refractivity contribution in [2.45, 2.75) is 32.1 Å². The minimum absolute atomic E-state index is 0.0979. The summed E-state index contributed by atoms with van der Waals surface area (Å²) in [6.07, 6.45) is -2.93. The van der Waals surface area contributed by atoms with Gasteiger partial charge in [0.25, 0.3) is 5.91 Å². The molecule has 1 fully saturated rings. The van der Waals surface area contributed by atoms with Crippen molar-refractivity contribution in [2.75, 3.05) is 19.0 Å². The number of alkyl halides is 2. The number of hydrogen-bond donors (Lipinski definition) is 2. The lowest BCUT2D eigenvalue weighted by atomic mass is 10.1. The van der Waals surface area contributed by atoms with Gasteiger partial charge in [0.2, 0.25) is 6.23 Å². The van der Waals surface area contributed by atoms with Crippen LogP contribution in [0.2, 0.25) is 0 Å². The molecule has 0 aliphatic carbocycles. The van der Waals surface area contributed by atoms with Crippen molar-refractivity contribution < 1.29 is 28.2 Å². The molecular formula is C18H19F2N3O5. The Morgan fingerprint density at radius 3 is 2.54 bits per heavy atom. The zero-order valence-electron chi connectivity index (χ0n) is 15.4. The van der Waals surface area contributed by atoms with E-state index in [0.717, 1.165) is 17.3 Å². The van der Waals surface area contributed by atoms with Crippen LogP contribution in [0.5, 0.6) is 5.75 Å². The number of anilines is 1. The van der Waals surface area contributed by atoms with Gasteiger partial charge >= 0.3 is 11.6 Å². The molecule has 0 radical (unpaired) electrons. The fourth-order valence-corrected chi connectivity index (χ4v) is 3.09. The molecule has 1 aromatic carbocycles. The quantitative estimate of drug-likeness (QED) is 0.816. The van der Waals surface area contributed by atoms with Crippen molar-refractivity contribution >= 4 is 11.7 Å². The van der Waals surface area contributed by atoms with Crippen molar-refractivity contribution in [1.82, 2.24) is 9.55 Å². The van der Waals surface area contributed by atoms with Crippen LogP contribution in [0.3, 0.4) is 0 Å². The van der Waals surface area contributed by atoms with E-state index >= 15 is 0 Å². The molecule has 3 rings (SSSR count). The molecule has 2 N–H and O–H groups in total. The molecule has 8 nitrogen and oxygen atoms in total. The largest absolute Gasteiger partial charge is 0.496 e. The maximum Gasteiger partial charge on any atom is 0.351 e. The van der Waals surface area contributed by atoms with Crippen molar-refractivity contribution in [3.63, 3.8) is 0 Å². The number of carbonyl (C=O) groups is 1. The van der Waals surface area contributed by atoms with Gasteiger partial charge < -0.3 is 19.9 Å². The van der Waals surface area contributed by atoms with Crippen LogP contribution in [0.1, 0.15) is 27.7 Å². The van der Waals surface area contributed by atoms with Crippen LogP contribution < -0.4 is 15.7 Å². The number of hydrogen-bond acceptors (Lipinski definition) is 6. The van der Waals surface area contributed by atoms with Gasteiger partial charge in [-0.1, -0.05) is 0 Å². The van der Waals surface area contributed by atoms with Crippen LogP contribution in [0, 0.1) is 13.8 Å². The van der Waals surface area contributed by atoms with E-state index in [1.54, 1.807) is 26.0 Å². The molecule has 1 unspecified atom stereocenters. The lowest BCUT2D eigenvalue weighted by molar-refractivity contribution is -0.140. The summed E-state index contributed by atoms with van der Waals surface area (Å²) in [6, 6.07) is 4.44. The van der Waals surface area contributed by atoms with Crippen LogP contribution in [-0.2, 0) is 4.74 Å². The van der Waals surface area contributed by atoms with Gasteiger partial charge in [-0.2, -0.15) is 13.8 Å². The number of methoxy groups -OCH3 is 1. The first kappa shape index (κ1) is 19.9. The topological polar surface area (TPSA) is 103 Å². The Labute approximate surface area is 158 Å². The Bertz CT molecular complexity index is 953. The average molecular weight is 395 g/mol. The number of aromatic nitrogens is 2. The number of amides is 1. The van der Waals surface area contributed by atoms with Crippen molar-refractivity contribution in [1.29, 1.82) is 0 Å². The highest BCUT2D eigenvalue weighted by atomic mass is 19.3. The SMILES string of the molecule is COc1c(C)cc(C(=O)Nc2ccn(C3OC[C@@H](O)C3(F)F)c(=O)n2)cc1C. The highest BCUT2D eigenvalue weighted by Gasteiger charge is 2.54. The van der Waals surface area contributed by atoms with Gasteiger partial charge in [-0.15, -0.1) is 0 Å². The number of ether oxygens (including phenoxy) is 2. The maximum absolute atomic E-state index is 13.9. The lowest BCUT2D eigenvalue weighted by Gasteiger charge is -2.21. The van der Waals surface area contributed by atoms with E-state index in [-0.39, 0.29) is 5.82 Å². The second kappa shape index (κ2) is 7.28. The molecule has 1 amide bonds. The van der Waals surface area contributed by atoms with E-state index in [1.807, 2.05) is 0 Å². The van der Waals surface area contributed by atoms with Gasteiger partial charge in [0, 0.05) is 11.8 Å². The molecule has 10 heteroatoms. The number of halogens is 2. The molecule has 2 heterocycles. The van der Waals surface area contributed by atoms with Crippen LogP contribution in [0.25, 0.3) is 0 Å². The molecule has 1 aliphatic rings. The highest BCUT2D eigenvalue weighted by Crippen LogP contribution is 2.38. The van der Waals surface area contributed by atoms with Gasteiger partial charge in [0.15, 0.2) is 0 Å². The Kier molecular flexibility index (Phi) is 5.18. The number of aliphatic hydroxyl groups is 1. The predicted octanol–water partition coefficient (Wildman–Crippen LogP) is 1.65. The summed E-state index contributed by atoms with van der Waals surface area (Å²) in [6.45, 7) is 2.98. The van der Waals surface area contributed by atoms with Gasteiger partial charge in [0.05, 0.1) is 13.7 Å². The van der Waals surface area contributed by atoms with Crippen LogP contribution in [0.15, 0.2) is 29.2 Å². The third-order valence-electron chi connectivity index (χ3n) is 4.44. The first-order valence-corrected chi connectivity index (χ1v) is 8.38. The van der Waals surface area contributed by atoms with Gasteiger partial charge in [-0.25, -0.2) is 4.79 Å². The van der Waals surface area contributed by atoms with E-state index in [4.69, 9.17) is 9.47 Å². The van der Waals surface area contributed by atoms with E-state index in [0.29, 0.717) is 15.9 Å². The van der Waals surface area contributed by atoms with E-state index in [1.165, 1.54) is 13.2 Å². The molecule has 1 aliphatic heterocycles. The second-order valence-electron chi connectivity index (χ2n) is 6.48. The second-order valence-corrected chi connectivity index (χ2v) is 6.48. The molecule has 2 atom stereocenters. The van der Waals surface area contributed by atoms with Gasteiger partial charge in [-0.3, -0.25) is 9.36 Å². The number of nitrogens with zero attached hydrogens (tertiary/aromatic N) is 2. The summed E-state index contributed by atoms with van der Waals surface area (Å²) >= 11 is 0. The standard InChI is InChI=1S/C18H19F2N3O5/c1-9-6-11(7-10(2)14(9)27-3)15(25)21-13-4-5-23(17(26)22-13)16-18(19,20)12(24)8-28-16/h4-7,12,16,24H,8H2,1-3H3,(H,21,22,25,26)/t12-,16?/m1/s1. The molecule has 1 aromatic heterocycles. The molecule has 0 saturated carbocycles. The number of benzene rings is 1. The molecule has 2 aromatic rings. The van der Waals surface area contributed by atoms with Crippen LogP contribution in [-0.4, -0.2) is 46.3 Å². The minimum Gasteiger partial charge on any atom is -0.496 e. The highest BCUT2D eigenvalue weighted by molar-refractivity contribution is 6.04. The Morgan fingerprint density at radius 2 is 2.04 bits per heavy atom. The molecule has 1 saturated heterocycles. The van der Waals surface area contributed by atoms with Crippen molar-refractivity contribution in [3.8, 4) is 5.75 Å². The summed E-state index contributed by atoms with van der Waals surface area (Å²) in [5.74, 6) is -3.58. The van der Waals surface area contributed by atoms with Crippen molar-refractivity contribution in [2.24, 2.45) is 0 Å². The minimum atomic E-state index is -3.63. The number of aliphatic hydroxyl groups excluding tert-OH is 1. The van der Waals surface area contributed by atoms with E-state index in [2.05, 4.69) is 10.3 Å². The summed E-state index contributed by atoms with van der Waals surface area (Å²) < 4.78 is 38.4. The normalized spacial score (nSPS) is 20.8. The summed E-state index contributed by atoms with van der Waals surface area (Å²) in [5, 5.41) is 11.7. The number of rotatable bonds is 4. The summed E-state index contributed by atoms with van der Waals surface area (Å²) in [4.78, 5) is 28.2. The van der Waals surface area contributed by atoms with Crippen molar-refractivity contribution in [3.05, 3.63) is 51.6 Å². The molecular weight excluding hydrogens is 376 g/mol. The van der Waals surface area contributed by atoms with Crippen LogP contribution >= 0.6 is 0 Å². The first-order chi connectivity index (χ1) is 13.1. The maximum atomic E-state index is 13.9. The first-order valence-electron chi connectivity index (χ1n) is 8.38. The average Bonchev–Trinajstić information content (AvgIpc) is 2.88.